The van der Waals surface area contributed by atoms with Gasteiger partial charge in [-0.2, -0.15) is 0 Å². The van der Waals surface area contributed by atoms with Crippen molar-refractivity contribution < 1.29 is 9.53 Å². The minimum atomic E-state index is -0.0223. The molecule has 0 saturated carbocycles. The van der Waals surface area contributed by atoms with Gasteiger partial charge in [0.15, 0.2) is 0 Å². The Morgan fingerprint density at radius 2 is 1.84 bits per heavy atom. The molecule has 1 fully saturated rings. The van der Waals surface area contributed by atoms with Crippen LogP contribution in [-0.4, -0.2) is 53.3 Å². The van der Waals surface area contributed by atoms with Gasteiger partial charge in [-0.15, -0.1) is 0 Å². The largest absolute Gasteiger partial charge is 0.378 e. The first-order chi connectivity index (χ1) is 15.1. The van der Waals surface area contributed by atoms with Crippen LogP contribution in [0.25, 0.3) is 11.3 Å². The van der Waals surface area contributed by atoms with Crippen molar-refractivity contribution in [2.45, 2.75) is 20.4 Å². The molecule has 8 nitrogen and oxygen atoms in total. The second kappa shape index (κ2) is 8.03. The van der Waals surface area contributed by atoms with Crippen molar-refractivity contribution >= 4 is 23.2 Å². The van der Waals surface area contributed by atoms with Crippen molar-refractivity contribution in [2.24, 2.45) is 0 Å². The van der Waals surface area contributed by atoms with Crippen LogP contribution in [0.4, 0.5) is 17.3 Å². The second-order valence-corrected chi connectivity index (χ2v) is 7.88. The van der Waals surface area contributed by atoms with Crippen molar-refractivity contribution in [3.63, 3.8) is 0 Å². The summed E-state index contributed by atoms with van der Waals surface area (Å²) < 4.78 is 7.51. The molecule has 4 heterocycles. The summed E-state index contributed by atoms with van der Waals surface area (Å²) in [7, 11) is 0. The van der Waals surface area contributed by atoms with Crippen molar-refractivity contribution in [2.75, 3.05) is 43.1 Å². The third kappa shape index (κ3) is 3.63. The molecule has 3 aromatic rings. The van der Waals surface area contributed by atoms with Gasteiger partial charge in [0.2, 0.25) is 5.95 Å². The normalized spacial score (nSPS) is 16.1. The zero-order valence-corrected chi connectivity index (χ0v) is 17.8. The van der Waals surface area contributed by atoms with Gasteiger partial charge in [0.1, 0.15) is 5.69 Å². The average molecular weight is 419 g/mol. The lowest BCUT2D eigenvalue weighted by molar-refractivity contribution is 0.0926. The number of carbonyl (C=O) groups excluding carboxylic acids is 1. The Labute approximate surface area is 181 Å². The monoisotopic (exact) mass is 418 g/mol. The molecule has 8 heteroatoms. The summed E-state index contributed by atoms with van der Waals surface area (Å²) in [6, 6.07) is 10.2. The number of hydrogen-bond donors (Lipinski definition) is 2. The van der Waals surface area contributed by atoms with Crippen LogP contribution >= 0.6 is 0 Å². The standard InChI is InChI=1S/C23H26N6O2/c1-15-20(16(2)29-10-9-24-22(30)21(15)29)19-7-8-25-23(27-19)26-17-3-5-18(6-4-17)28-11-13-31-14-12-28/h3-8H,9-14H2,1-2H3,(H,24,30)(H,25,26,27). The van der Waals surface area contributed by atoms with Crippen LogP contribution in [0.5, 0.6) is 0 Å². The third-order valence-corrected chi connectivity index (χ3v) is 6.01. The van der Waals surface area contributed by atoms with Gasteiger partial charge in [0.25, 0.3) is 5.91 Å². The molecule has 0 unspecified atom stereocenters. The van der Waals surface area contributed by atoms with Crippen LogP contribution in [0.3, 0.4) is 0 Å². The summed E-state index contributed by atoms with van der Waals surface area (Å²) in [5.41, 5.74) is 6.67. The van der Waals surface area contributed by atoms with Crippen LogP contribution in [0.1, 0.15) is 21.7 Å². The molecule has 160 valence electrons. The number of carbonyl (C=O) groups is 1. The number of anilines is 3. The molecule has 1 amide bonds. The van der Waals surface area contributed by atoms with E-state index in [0.717, 1.165) is 66.7 Å². The van der Waals surface area contributed by atoms with E-state index in [1.165, 1.54) is 5.69 Å². The summed E-state index contributed by atoms with van der Waals surface area (Å²) >= 11 is 0. The van der Waals surface area contributed by atoms with Crippen LogP contribution in [0, 0.1) is 13.8 Å². The van der Waals surface area contributed by atoms with E-state index in [-0.39, 0.29) is 5.91 Å². The van der Waals surface area contributed by atoms with Gasteiger partial charge in [-0.25, -0.2) is 9.97 Å². The number of aromatic nitrogens is 3. The molecule has 5 rings (SSSR count). The molecule has 2 aliphatic rings. The van der Waals surface area contributed by atoms with Gasteiger partial charge in [-0.05, 0) is 49.7 Å². The number of rotatable bonds is 4. The number of nitrogens with one attached hydrogen (secondary N) is 2. The van der Waals surface area contributed by atoms with E-state index in [4.69, 9.17) is 9.72 Å². The summed E-state index contributed by atoms with van der Waals surface area (Å²) in [4.78, 5) is 23.8. The Kier molecular flexibility index (Phi) is 5.07. The average Bonchev–Trinajstić information content (AvgIpc) is 3.06. The highest BCUT2D eigenvalue weighted by Crippen LogP contribution is 2.32. The second-order valence-electron chi connectivity index (χ2n) is 7.88. The van der Waals surface area contributed by atoms with Gasteiger partial charge >= 0.3 is 0 Å². The van der Waals surface area contributed by atoms with E-state index in [1.54, 1.807) is 6.20 Å². The van der Waals surface area contributed by atoms with E-state index in [1.807, 2.05) is 32.0 Å². The maximum Gasteiger partial charge on any atom is 0.268 e. The summed E-state index contributed by atoms with van der Waals surface area (Å²) in [6.07, 6.45) is 1.75. The minimum absolute atomic E-state index is 0.0223. The number of ether oxygens (including phenoxy) is 1. The number of benzene rings is 1. The minimum Gasteiger partial charge on any atom is -0.378 e. The lowest BCUT2D eigenvalue weighted by Crippen LogP contribution is -2.36. The fourth-order valence-corrected chi connectivity index (χ4v) is 4.47. The molecule has 0 radical (unpaired) electrons. The molecule has 0 atom stereocenters. The quantitative estimate of drug-likeness (QED) is 0.678. The summed E-state index contributed by atoms with van der Waals surface area (Å²) in [5, 5.41) is 6.23. The number of fused-ring (bicyclic) bond motifs is 1. The van der Waals surface area contributed by atoms with Crippen molar-refractivity contribution in [1.82, 2.24) is 19.9 Å². The van der Waals surface area contributed by atoms with Crippen molar-refractivity contribution in [3.8, 4) is 11.3 Å². The molecule has 0 aliphatic carbocycles. The molecule has 0 bridgehead atoms. The van der Waals surface area contributed by atoms with E-state index in [0.29, 0.717) is 12.5 Å². The first kappa shape index (κ1) is 19.6. The first-order valence-electron chi connectivity index (χ1n) is 10.6. The molecule has 2 N–H and O–H groups in total. The summed E-state index contributed by atoms with van der Waals surface area (Å²) in [6.45, 7) is 8.82. The fourth-order valence-electron chi connectivity index (χ4n) is 4.47. The number of hydrogen-bond acceptors (Lipinski definition) is 6. The van der Waals surface area contributed by atoms with E-state index in [2.05, 4.69) is 37.2 Å². The molecule has 1 aromatic carbocycles. The van der Waals surface area contributed by atoms with Crippen LogP contribution in [0.15, 0.2) is 36.5 Å². The third-order valence-electron chi connectivity index (χ3n) is 6.01. The lowest BCUT2D eigenvalue weighted by atomic mass is 10.1. The zero-order chi connectivity index (χ0) is 21.4. The molecule has 2 aromatic heterocycles. The Morgan fingerprint density at radius 1 is 1.06 bits per heavy atom. The number of morpholine rings is 1. The maximum absolute atomic E-state index is 12.4. The van der Waals surface area contributed by atoms with Crippen LogP contribution < -0.4 is 15.5 Å². The molecule has 31 heavy (non-hydrogen) atoms. The number of amides is 1. The lowest BCUT2D eigenvalue weighted by Gasteiger charge is -2.28. The highest BCUT2D eigenvalue weighted by molar-refractivity contribution is 5.97. The molecule has 1 saturated heterocycles. The summed E-state index contributed by atoms with van der Waals surface area (Å²) in [5.74, 6) is 0.509. The van der Waals surface area contributed by atoms with E-state index >= 15 is 0 Å². The first-order valence-corrected chi connectivity index (χ1v) is 10.6. The molecule has 2 aliphatic heterocycles. The van der Waals surface area contributed by atoms with Gasteiger partial charge in [-0.1, -0.05) is 0 Å². The Bertz CT molecular complexity index is 1120. The highest BCUT2D eigenvalue weighted by atomic mass is 16.5. The van der Waals surface area contributed by atoms with E-state index < -0.39 is 0 Å². The molecule has 0 spiro atoms. The van der Waals surface area contributed by atoms with E-state index in [9.17, 15) is 4.79 Å². The Balaban J connectivity index is 1.40. The van der Waals surface area contributed by atoms with Gasteiger partial charge in [0, 0.05) is 55.0 Å². The Hall–Kier alpha value is -3.39. The predicted molar refractivity (Wildman–Crippen MR) is 120 cm³/mol. The van der Waals surface area contributed by atoms with Crippen molar-refractivity contribution in [3.05, 3.63) is 53.5 Å². The van der Waals surface area contributed by atoms with Crippen LogP contribution in [-0.2, 0) is 11.3 Å². The fraction of sp³-hybridized carbons (Fsp3) is 0.348. The topological polar surface area (TPSA) is 84.3 Å². The van der Waals surface area contributed by atoms with Crippen LogP contribution in [0.2, 0.25) is 0 Å². The van der Waals surface area contributed by atoms with Gasteiger partial charge in [0.05, 0.1) is 18.9 Å². The zero-order valence-electron chi connectivity index (χ0n) is 17.8. The predicted octanol–water partition coefficient (Wildman–Crippen LogP) is 2.89. The Morgan fingerprint density at radius 3 is 2.58 bits per heavy atom. The van der Waals surface area contributed by atoms with Gasteiger partial charge < -0.3 is 24.8 Å². The van der Waals surface area contributed by atoms with Crippen molar-refractivity contribution in [1.29, 1.82) is 0 Å². The SMILES string of the molecule is Cc1c(-c2ccnc(Nc3ccc(N4CCOCC4)cc3)n2)c(C)n2c1C(=O)NCC2. The van der Waals surface area contributed by atoms with Gasteiger partial charge in [-0.3, -0.25) is 4.79 Å². The maximum atomic E-state index is 12.4. The highest BCUT2D eigenvalue weighted by Gasteiger charge is 2.26. The smallest absolute Gasteiger partial charge is 0.268 e. The number of nitrogens with zero attached hydrogens (tertiary/aromatic N) is 4. The molecular formula is C23H26N6O2. The molecular weight excluding hydrogens is 392 g/mol.